The van der Waals surface area contributed by atoms with Crippen molar-refractivity contribution in [1.82, 2.24) is 9.97 Å². The molecule has 1 N–H and O–H groups in total. The van der Waals surface area contributed by atoms with E-state index in [1.54, 1.807) is 6.33 Å². The smallest absolute Gasteiger partial charge is 0.132 e. The van der Waals surface area contributed by atoms with Crippen molar-refractivity contribution < 1.29 is 0 Å². The Balaban J connectivity index is 2.10. The fourth-order valence-electron chi connectivity index (χ4n) is 2.71. The molecule has 0 amide bonds. The summed E-state index contributed by atoms with van der Waals surface area (Å²) in [7, 11) is 1.89. The summed E-state index contributed by atoms with van der Waals surface area (Å²) in [6, 6.07) is 6.72. The van der Waals surface area contributed by atoms with Gasteiger partial charge in [0.1, 0.15) is 12.1 Å². The van der Waals surface area contributed by atoms with Crippen molar-refractivity contribution in [3.63, 3.8) is 0 Å². The molecular weight excluding hydrogens is 222 g/mol. The maximum atomic E-state index is 4.43. The summed E-state index contributed by atoms with van der Waals surface area (Å²) in [6.45, 7) is 2.06. The molecule has 0 radical (unpaired) electrons. The monoisotopic (exact) mass is 239 g/mol. The van der Waals surface area contributed by atoms with Gasteiger partial charge in [-0.05, 0) is 43.4 Å². The molecule has 0 bridgehead atoms. The average molecular weight is 239 g/mol. The summed E-state index contributed by atoms with van der Waals surface area (Å²) in [4.78, 5) is 8.66. The minimum Gasteiger partial charge on any atom is -0.373 e. The van der Waals surface area contributed by atoms with Crippen LogP contribution < -0.4 is 5.32 Å². The molecule has 0 atom stereocenters. The largest absolute Gasteiger partial charge is 0.373 e. The maximum absolute atomic E-state index is 4.43. The van der Waals surface area contributed by atoms with Crippen molar-refractivity contribution in [2.75, 3.05) is 12.4 Å². The van der Waals surface area contributed by atoms with Crippen molar-refractivity contribution in [2.45, 2.75) is 26.2 Å². The van der Waals surface area contributed by atoms with Crippen LogP contribution in [-0.4, -0.2) is 17.0 Å². The molecule has 18 heavy (non-hydrogen) atoms. The second-order valence-electron chi connectivity index (χ2n) is 4.78. The molecule has 1 aromatic carbocycles. The normalized spacial score (nSPS) is 13.4. The third-order valence-electron chi connectivity index (χ3n) is 3.69. The Kier molecular flexibility index (Phi) is 2.74. The van der Waals surface area contributed by atoms with E-state index < -0.39 is 0 Å². The molecule has 0 unspecified atom stereocenters. The van der Waals surface area contributed by atoms with Gasteiger partial charge in [0.2, 0.25) is 0 Å². The fraction of sp³-hybridized carbons (Fsp3) is 0.333. The summed E-state index contributed by atoms with van der Waals surface area (Å²) in [5.41, 5.74) is 6.32. The van der Waals surface area contributed by atoms with E-state index in [4.69, 9.17) is 0 Å². The molecule has 0 saturated carbocycles. The molecule has 3 nitrogen and oxygen atoms in total. The molecule has 0 fully saturated rings. The van der Waals surface area contributed by atoms with Gasteiger partial charge in [0.05, 0.1) is 5.69 Å². The Morgan fingerprint density at radius 2 is 1.94 bits per heavy atom. The SMILES string of the molecule is CNc1ncnc(-c2ccc3c(c2)CCC3)c1C. The molecule has 1 aromatic heterocycles. The van der Waals surface area contributed by atoms with Crippen LogP contribution in [0.1, 0.15) is 23.1 Å². The first-order valence-corrected chi connectivity index (χ1v) is 6.41. The second kappa shape index (κ2) is 4.41. The molecule has 2 aromatic rings. The van der Waals surface area contributed by atoms with E-state index >= 15 is 0 Å². The number of rotatable bonds is 2. The molecule has 1 heterocycles. The Labute approximate surface area is 107 Å². The molecule has 3 rings (SSSR count). The summed E-state index contributed by atoms with van der Waals surface area (Å²) in [5.74, 6) is 0.903. The molecule has 1 aliphatic carbocycles. The number of hydrogen-bond acceptors (Lipinski definition) is 3. The zero-order chi connectivity index (χ0) is 12.5. The maximum Gasteiger partial charge on any atom is 0.132 e. The first kappa shape index (κ1) is 11.2. The molecular formula is C15H17N3. The topological polar surface area (TPSA) is 37.8 Å². The molecule has 0 aliphatic heterocycles. The zero-order valence-corrected chi connectivity index (χ0v) is 10.8. The number of anilines is 1. The quantitative estimate of drug-likeness (QED) is 0.875. The van der Waals surface area contributed by atoms with Gasteiger partial charge in [0.15, 0.2) is 0 Å². The Morgan fingerprint density at radius 3 is 2.78 bits per heavy atom. The van der Waals surface area contributed by atoms with Crippen LogP contribution >= 0.6 is 0 Å². The lowest BCUT2D eigenvalue weighted by Gasteiger charge is -2.10. The predicted molar refractivity (Wildman–Crippen MR) is 73.8 cm³/mol. The van der Waals surface area contributed by atoms with E-state index in [0.29, 0.717) is 0 Å². The summed E-state index contributed by atoms with van der Waals surface area (Å²) >= 11 is 0. The standard InChI is InChI=1S/C15H17N3/c1-10-14(17-9-18-15(10)16-2)13-7-6-11-4-3-5-12(11)8-13/h6-9H,3-5H2,1-2H3,(H,16,17,18). The van der Waals surface area contributed by atoms with Crippen molar-refractivity contribution in [3.8, 4) is 11.3 Å². The van der Waals surface area contributed by atoms with Crippen molar-refractivity contribution in [1.29, 1.82) is 0 Å². The van der Waals surface area contributed by atoms with Crippen LogP contribution in [0.5, 0.6) is 0 Å². The van der Waals surface area contributed by atoms with Crippen LogP contribution in [0.25, 0.3) is 11.3 Å². The van der Waals surface area contributed by atoms with Gasteiger partial charge in [0.25, 0.3) is 0 Å². The van der Waals surface area contributed by atoms with E-state index in [0.717, 1.165) is 17.1 Å². The van der Waals surface area contributed by atoms with Crippen LogP contribution in [-0.2, 0) is 12.8 Å². The Hall–Kier alpha value is -1.90. The number of benzene rings is 1. The first-order chi connectivity index (χ1) is 8.79. The highest BCUT2D eigenvalue weighted by atomic mass is 15.0. The minimum atomic E-state index is 0.903. The number of fused-ring (bicyclic) bond motifs is 1. The minimum absolute atomic E-state index is 0.903. The summed E-state index contributed by atoms with van der Waals surface area (Å²) < 4.78 is 0. The molecule has 1 aliphatic rings. The van der Waals surface area contributed by atoms with Crippen LogP contribution in [0.4, 0.5) is 5.82 Å². The third kappa shape index (κ3) is 1.76. The average Bonchev–Trinajstić information content (AvgIpc) is 2.86. The molecule has 0 saturated heterocycles. The fourth-order valence-corrected chi connectivity index (χ4v) is 2.71. The van der Waals surface area contributed by atoms with Crippen LogP contribution in [0.3, 0.4) is 0 Å². The van der Waals surface area contributed by atoms with Crippen molar-refractivity contribution in [2.24, 2.45) is 0 Å². The van der Waals surface area contributed by atoms with Crippen molar-refractivity contribution in [3.05, 3.63) is 41.2 Å². The molecule has 3 heteroatoms. The van der Waals surface area contributed by atoms with Gasteiger partial charge in [-0.3, -0.25) is 0 Å². The molecule has 92 valence electrons. The third-order valence-corrected chi connectivity index (χ3v) is 3.69. The number of aromatic nitrogens is 2. The predicted octanol–water partition coefficient (Wildman–Crippen LogP) is 2.98. The molecule has 0 spiro atoms. The Morgan fingerprint density at radius 1 is 1.11 bits per heavy atom. The lowest BCUT2D eigenvalue weighted by Crippen LogP contribution is -1.99. The van der Waals surface area contributed by atoms with E-state index in [2.05, 4.69) is 40.4 Å². The van der Waals surface area contributed by atoms with E-state index in [-0.39, 0.29) is 0 Å². The van der Waals surface area contributed by atoms with Crippen LogP contribution in [0, 0.1) is 6.92 Å². The second-order valence-corrected chi connectivity index (χ2v) is 4.78. The first-order valence-electron chi connectivity index (χ1n) is 6.41. The van der Waals surface area contributed by atoms with Gasteiger partial charge in [-0.25, -0.2) is 9.97 Å². The van der Waals surface area contributed by atoms with Gasteiger partial charge in [-0.15, -0.1) is 0 Å². The lowest BCUT2D eigenvalue weighted by molar-refractivity contribution is 0.912. The number of aryl methyl sites for hydroxylation is 2. The lowest BCUT2D eigenvalue weighted by atomic mass is 10.0. The van der Waals surface area contributed by atoms with Gasteiger partial charge < -0.3 is 5.32 Å². The highest BCUT2D eigenvalue weighted by Crippen LogP contribution is 2.29. The Bertz CT molecular complexity index is 590. The van der Waals surface area contributed by atoms with Crippen LogP contribution in [0.2, 0.25) is 0 Å². The summed E-state index contributed by atoms with van der Waals surface area (Å²) in [5, 5.41) is 3.11. The number of nitrogens with zero attached hydrogens (tertiary/aromatic N) is 2. The zero-order valence-electron chi connectivity index (χ0n) is 10.8. The van der Waals surface area contributed by atoms with Gasteiger partial charge in [-0.2, -0.15) is 0 Å². The highest BCUT2D eigenvalue weighted by Gasteiger charge is 2.14. The summed E-state index contributed by atoms with van der Waals surface area (Å²) in [6.07, 6.45) is 5.33. The van der Waals surface area contributed by atoms with Crippen molar-refractivity contribution >= 4 is 5.82 Å². The highest BCUT2D eigenvalue weighted by molar-refractivity contribution is 5.69. The van der Waals surface area contributed by atoms with Gasteiger partial charge >= 0.3 is 0 Å². The number of hydrogen-bond donors (Lipinski definition) is 1. The van der Waals surface area contributed by atoms with Gasteiger partial charge in [0, 0.05) is 18.2 Å². The van der Waals surface area contributed by atoms with E-state index in [9.17, 15) is 0 Å². The van der Waals surface area contributed by atoms with Crippen LogP contribution in [0.15, 0.2) is 24.5 Å². The van der Waals surface area contributed by atoms with Gasteiger partial charge in [-0.1, -0.05) is 12.1 Å². The van der Waals surface area contributed by atoms with E-state index in [1.807, 2.05) is 7.05 Å². The number of nitrogens with one attached hydrogen (secondary N) is 1. The van der Waals surface area contributed by atoms with E-state index in [1.165, 1.54) is 36.0 Å².